The number of carboxylic acid groups (broad SMARTS) is 1. The molecule has 5 aromatic rings. The van der Waals surface area contributed by atoms with Crippen molar-refractivity contribution in [3.63, 3.8) is 0 Å². The van der Waals surface area contributed by atoms with Gasteiger partial charge >= 0.3 is 5.97 Å². The second kappa shape index (κ2) is 10.5. The van der Waals surface area contributed by atoms with Gasteiger partial charge in [0.15, 0.2) is 0 Å². The largest absolute Gasteiger partial charge is 0.481 e. The van der Waals surface area contributed by atoms with Crippen molar-refractivity contribution in [3.8, 4) is 16.9 Å². The van der Waals surface area contributed by atoms with Crippen molar-refractivity contribution in [2.75, 3.05) is 0 Å². The molecular formula is C35H37N5O3. The molecule has 0 bridgehead atoms. The van der Waals surface area contributed by atoms with Crippen LogP contribution in [-0.2, 0) is 11.3 Å². The minimum atomic E-state index is -0.654. The summed E-state index contributed by atoms with van der Waals surface area (Å²) >= 11 is 0. The average Bonchev–Trinajstić information content (AvgIpc) is 3.29. The Hall–Kier alpha value is -4.30. The van der Waals surface area contributed by atoms with Crippen LogP contribution < -0.4 is 0 Å². The van der Waals surface area contributed by atoms with Crippen LogP contribution in [0, 0.1) is 31.6 Å². The number of aryl methyl sites for hydroxylation is 1. The molecule has 2 saturated carbocycles. The van der Waals surface area contributed by atoms with Gasteiger partial charge in [0.2, 0.25) is 0 Å². The second-order valence-electron chi connectivity index (χ2n) is 12.6. The number of nitrogens with zero attached hydrogens (tertiary/aromatic N) is 5. The smallest absolute Gasteiger partial charge is 0.307 e. The Morgan fingerprint density at radius 1 is 0.977 bits per heavy atom. The van der Waals surface area contributed by atoms with Crippen molar-refractivity contribution < 1.29 is 15.0 Å². The lowest BCUT2D eigenvalue weighted by molar-refractivity contribution is -0.139. The van der Waals surface area contributed by atoms with Crippen LogP contribution in [0.1, 0.15) is 72.8 Å². The first-order valence-electron chi connectivity index (χ1n) is 15.2. The fourth-order valence-corrected chi connectivity index (χ4v) is 7.46. The van der Waals surface area contributed by atoms with Gasteiger partial charge in [-0.25, -0.2) is 4.68 Å². The Morgan fingerprint density at radius 3 is 2.40 bits per heavy atom. The predicted molar refractivity (Wildman–Crippen MR) is 165 cm³/mol. The van der Waals surface area contributed by atoms with E-state index in [-0.39, 0.29) is 11.8 Å². The van der Waals surface area contributed by atoms with Crippen LogP contribution in [0.2, 0.25) is 0 Å². The number of hydrogen-bond acceptors (Lipinski definition) is 5. The third kappa shape index (κ3) is 4.74. The van der Waals surface area contributed by atoms with E-state index in [1.54, 1.807) is 0 Å². The maximum absolute atomic E-state index is 11.4. The normalized spacial score (nSPS) is 21.8. The van der Waals surface area contributed by atoms with Crippen LogP contribution in [0.15, 0.2) is 66.9 Å². The summed E-state index contributed by atoms with van der Waals surface area (Å²) < 4.78 is 3.84. The number of rotatable bonds is 8. The minimum absolute atomic E-state index is 0.151. The lowest BCUT2D eigenvalue weighted by Gasteiger charge is -2.15. The van der Waals surface area contributed by atoms with Crippen molar-refractivity contribution in [1.29, 1.82) is 0 Å². The summed E-state index contributed by atoms with van der Waals surface area (Å²) in [6, 6.07) is 20.0. The molecule has 0 spiro atoms. The van der Waals surface area contributed by atoms with E-state index >= 15 is 0 Å². The molecule has 2 aliphatic carbocycles. The fraction of sp³-hybridized carbons (Fsp3) is 0.371. The number of carbonyl (C=O) groups is 1. The molecule has 8 heteroatoms. The predicted octanol–water partition coefficient (Wildman–Crippen LogP) is 6.58. The van der Waals surface area contributed by atoms with E-state index in [9.17, 15) is 15.0 Å². The van der Waals surface area contributed by atoms with Gasteiger partial charge < -0.3 is 10.2 Å². The first-order chi connectivity index (χ1) is 20.7. The molecule has 43 heavy (non-hydrogen) atoms. The van der Waals surface area contributed by atoms with E-state index in [1.165, 1.54) is 5.56 Å². The number of hydrogen-bond donors (Lipinski definition) is 2. The minimum Gasteiger partial charge on any atom is -0.481 e. The highest BCUT2D eigenvalue weighted by Crippen LogP contribution is 2.62. The van der Waals surface area contributed by atoms with E-state index in [0.29, 0.717) is 24.3 Å². The number of aromatic nitrogens is 5. The van der Waals surface area contributed by atoms with Gasteiger partial charge in [-0.1, -0.05) is 56.3 Å². The van der Waals surface area contributed by atoms with Gasteiger partial charge in [-0.2, -0.15) is 10.2 Å². The molecule has 0 radical (unpaired) electrons. The van der Waals surface area contributed by atoms with Crippen molar-refractivity contribution in [2.45, 2.75) is 65.0 Å². The third-order valence-electron chi connectivity index (χ3n) is 9.59. The summed E-state index contributed by atoms with van der Waals surface area (Å²) in [7, 11) is 0. The lowest BCUT2D eigenvalue weighted by Crippen LogP contribution is -2.10. The van der Waals surface area contributed by atoms with Gasteiger partial charge in [0, 0.05) is 40.0 Å². The number of aliphatic carboxylic acids is 1. The topological polar surface area (TPSA) is 106 Å². The Morgan fingerprint density at radius 2 is 1.72 bits per heavy atom. The average molecular weight is 576 g/mol. The van der Waals surface area contributed by atoms with Crippen LogP contribution in [-0.4, -0.2) is 40.7 Å². The van der Waals surface area contributed by atoms with Crippen molar-refractivity contribution in [1.82, 2.24) is 24.5 Å². The molecule has 0 amide bonds. The van der Waals surface area contributed by atoms with Gasteiger partial charge in [0.05, 0.1) is 41.2 Å². The number of aliphatic hydroxyl groups excluding tert-OH is 1. The Kier molecular flexibility index (Phi) is 6.69. The summed E-state index contributed by atoms with van der Waals surface area (Å²) in [5.74, 6) is 0.389. The van der Waals surface area contributed by atoms with Crippen molar-refractivity contribution in [2.24, 2.45) is 17.8 Å². The molecule has 2 aromatic carbocycles. The Bertz CT molecular complexity index is 1830. The molecule has 0 aliphatic heterocycles. The van der Waals surface area contributed by atoms with Gasteiger partial charge in [-0.3, -0.25) is 14.5 Å². The molecule has 2 fully saturated rings. The van der Waals surface area contributed by atoms with E-state index in [4.69, 9.17) is 15.2 Å². The molecular weight excluding hydrogens is 538 g/mol. The number of aliphatic hydroxyl groups is 1. The SMILES string of the molecule is Cc1nc(C2C[C@@H]3C(C(=O)O)[C@@H]3C2)ccc1-n1nc(-c2cccc3nn(C[C@H](O)c4ccccc4)cc23)c(C(C)C)c1C. The summed E-state index contributed by atoms with van der Waals surface area (Å²) in [6.07, 6.45) is 3.18. The summed E-state index contributed by atoms with van der Waals surface area (Å²) in [4.78, 5) is 16.4. The molecule has 3 heterocycles. The second-order valence-corrected chi connectivity index (χ2v) is 12.6. The maximum Gasteiger partial charge on any atom is 0.307 e. The highest BCUT2D eigenvalue weighted by atomic mass is 16.4. The van der Waals surface area contributed by atoms with Gasteiger partial charge in [0.25, 0.3) is 0 Å². The zero-order valence-corrected chi connectivity index (χ0v) is 25.0. The monoisotopic (exact) mass is 575 g/mol. The first kappa shape index (κ1) is 27.5. The van der Waals surface area contributed by atoms with Crippen molar-refractivity contribution >= 4 is 16.9 Å². The summed E-state index contributed by atoms with van der Waals surface area (Å²) in [5, 5.41) is 31.2. The van der Waals surface area contributed by atoms with Crippen LogP contribution in [0.25, 0.3) is 27.8 Å². The van der Waals surface area contributed by atoms with Crippen LogP contribution in [0.5, 0.6) is 0 Å². The summed E-state index contributed by atoms with van der Waals surface area (Å²) in [5.41, 5.74) is 8.87. The first-order valence-corrected chi connectivity index (χ1v) is 15.2. The maximum atomic E-state index is 11.4. The highest BCUT2D eigenvalue weighted by molar-refractivity contribution is 5.94. The van der Waals surface area contributed by atoms with Gasteiger partial charge in [-0.15, -0.1) is 0 Å². The molecule has 8 nitrogen and oxygen atoms in total. The molecule has 0 saturated heterocycles. The number of benzene rings is 2. The molecule has 2 N–H and O–H groups in total. The third-order valence-corrected chi connectivity index (χ3v) is 9.59. The van der Waals surface area contributed by atoms with Gasteiger partial charge in [-0.05, 0) is 68.2 Å². The molecule has 2 aliphatic rings. The molecule has 2 unspecified atom stereocenters. The van der Waals surface area contributed by atoms with Crippen LogP contribution >= 0.6 is 0 Å². The van der Waals surface area contributed by atoms with Crippen LogP contribution in [0.3, 0.4) is 0 Å². The number of carboxylic acids is 1. The fourth-order valence-electron chi connectivity index (χ4n) is 7.46. The number of pyridine rings is 1. The lowest BCUT2D eigenvalue weighted by atomic mass is 9.95. The molecule has 3 aromatic heterocycles. The van der Waals surface area contributed by atoms with Crippen LogP contribution in [0.4, 0.5) is 0 Å². The molecule has 7 rings (SSSR count). The Balaban J connectivity index is 1.21. The quantitative estimate of drug-likeness (QED) is 0.216. The zero-order valence-electron chi connectivity index (χ0n) is 25.0. The Labute approximate surface area is 251 Å². The highest BCUT2D eigenvalue weighted by Gasteiger charge is 2.60. The summed E-state index contributed by atoms with van der Waals surface area (Å²) in [6.45, 7) is 8.91. The van der Waals surface area contributed by atoms with E-state index in [2.05, 4.69) is 39.0 Å². The molecule has 220 valence electrons. The standard InChI is InChI=1S/C35H37N5O3/c1-19(2)32-21(4)40(30-14-13-28(36-20(30)3)23-15-25-26(16-23)33(25)35(42)43)38-34(32)24-11-8-12-29-27(24)17-39(37-29)18-31(41)22-9-6-5-7-10-22/h5-14,17,19,23,25-26,31,33,41H,15-16,18H2,1-4H3,(H,42,43)/t23?,25-,26+,31-,33?/m0/s1. The number of fused-ring (bicyclic) bond motifs is 2. The zero-order chi connectivity index (χ0) is 30.0. The van der Waals surface area contributed by atoms with E-state index in [0.717, 1.165) is 63.3 Å². The van der Waals surface area contributed by atoms with Gasteiger partial charge in [0.1, 0.15) is 0 Å². The van der Waals surface area contributed by atoms with Crippen molar-refractivity contribution in [3.05, 3.63) is 95.1 Å². The molecule has 5 atom stereocenters. The van der Waals surface area contributed by atoms with E-state index < -0.39 is 12.1 Å². The van der Waals surface area contributed by atoms with E-state index in [1.807, 2.05) is 64.9 Å².